The predicted octanol–water partition coefficient (Wildman–Crippen LogP) is -1.79. The summed E-state index contributed by atoms with van der Waals surface area (Å²) in [5, 5.41) is 77.7. The van der Waals surface area contributed by atoms with Gasteiger partial charge in [-0.3, -0.25) is 9.89 Å². The second-order valence-electron chi connectivity index (χ2n) is 10.6. The summed E-state index contributed by atoms with van der Waals surface area (Å²) in [5.41, 5.74) is 1.78. The highest BCUT2D eigenvalue weighted by atomic mass is 16.7. The van der Waals surface area contributed by atoms with E-state index in [9.17, 15) is 40.5 Å². The Bertz CT molecular complexity index is 1130. The van der Waals surface area contributed by atoms with Crippen LogP contribution >= 0.6 is 0 Å². The lowest BCUT2D eigenvalue weighted by Gasteiger charge is -2.39. The molecule has 3 rings (SSSR count). The number of aromatic nitrogens is 2. The maximum atomic E-state index is 12.2. The molecule has 0 bridgehead atoms. The topological polar surface area (TPSA) is 227 Å². The zero-order valence-electron chi connectivity index (χ0n) is 23.4. The number of hydrogen-bond acceptors (Lipinski definition) is 12. The van der Waals surface area contributed by atoms with Crippen molar-refractivity contribution in [3.05, 3.63) is 40.6 Å². The summed E-state index contributed by atoms with van der Waals surface area (Å²) in [6.07, 6.45) is -6.84. The van der Waals surface area contributed by atoms with Gasteiger partial charge in [0.1, 0.15) is 35.7 Å². The molecule has 1 saturated heterocycles. The number of amides is 1. The third kappa shape index (κ3) is 7.72. The van der Waals surface area contributed by atoms with Crippen molar-refractivity contribution in [1.29, 1.82) is 0 Å². The van der Waals surface area contributed by atoms with Gasteiger partial charge >= 0.3 is 0 Å². The maximum absolute atomic E-state index is 12.2. The predicted molar refractivity (Wildman–Crippen MR) is 143 cm³/mol. The second kappa shape index (κ2) is 14.4. The van der Waals surface area contributed by atoms with Gasteiger partial charge in [-0.15, -0.1) is 5.10 Å². The number of aliphatic hydroxyl groups excluding tert-OH is 7. The lowest BCUT2D eigenvalue weighted by molar-refractivity contribution is -0.278. The van der Waals surface area contributed by atoms with Crippen molar-refractivity contribution in [1.82, 2.24) is 15.5 Å². The molecule has 1 aliphatic heterocycles. The average Bonchev–Trinajstić information content (AvgIpc) is 3.35. The van der Waals surface area contributed by atoms with Gasteiger partial charge in [0.15, 0.2) is 0 Å². The molecule has 5 atom stereocenters. The molecule has 41 heavy (non-hydrogen) atoms. The number of carbonyl (C=O) groups is 1. The van der Waals surface area contributed by atoms with Crippen molar-refractivity contribution >= 4 is 5.91 Å². The molecule has 14 nitrogen and oxygen atoms in total. The Balaban J connectivity index is 1.69. The fraction of sp³-hybridized carbons (Fsp3) is 0.630. The lowest BCUT2D eigenvalue weighted by Crippen LogP contribution is -2.60. The zero-order valence-corrected chi connectivity index (χ0v) is 23.4. The van der Waals surface area contributed by atoms with Crippen LogP contribution in [0.3, 0.4) is 0 Å². The number of H-pyrrole nitrogens is 1. The Hall–Kier alpha value is -2.82. The van der Waals surface area contributed by atoms with E-state index in [1.54, 1.807) is 12.1 Å². The van der Waals surface area contributed by atoms with E-state index in [0.717, 1.165) is 16.8 Å². The Morgan fingerprint density at radius 2 is 1.78 bits per heavy atom. The van der Waals surface area contributed by atoms with Gasteiger partial charge in [0.05, 0.1) is 39.5 Å². The van der Waals surface area contributed by atoms with Crippen molar-refractivity contribution in [2.45, 2.75) is 75.8 Å². The van der Waals surface area contributed by atoms with E-state index < -0.39 is 68.6 Å². The number of ether oxygens (including phenoxy) is 3. The van der Waals surface area contributed by atoms with Crippen molar-refractivity contribution in [2.24, 2.45) is 0 Å². The van der Waals surface area contributed by atoms with E-state index in [4.69, 9.17) is 14.2 Å². The van der Waals surface area contributed by atoms with Gasteiger partial charge in [-0.1, -0.05) is 19.9 Å². The van der Waals surface area contributed by atoms with Gasteiger partial charge in [-0.05, 0) is 36.1 Å². The highest BCUT2D eigenvalue weighted by Gasteiger charge is 2.45. The lowest BCUT2D eigenvalue weighted by atomic mass is 9.96. The average molecular weight is 584 g/mol. The van der Waals surface area contributed by atoms with Crippen molar-refractivity contribution in [3.63, 3.8) is 0 Å². The number of carbonyl (C=O) groups excluding carboxylic acids is 1. The minimum Gasteiger partial charge on any atom is -0.493 e. The zero-order chi connectivity index (χ0) is 30.3. The molecule has 1 aromatic carbocycles. The highest BCUT2D eigenvalue weighted by Crippen LogP contribution is 2.32. The number of nitrogens with one attached hydrogen (secondary N) is 2. The van der Waals surface area contributed by atoms with Crippen LogP contribution in [0.4, 0.5) is 0 Å². The first kappa shape index (κ1) is 32.7. The number of benzene rings is 1. The maximum Gasteiger partial charge on any atom is 0.238 e. The number of aliphatic hydroxyl groups is 7. The van der Waals surface area contributed by atoms with Crippen LogP contribution in [0.2, 0.25) is 0 Å². The van der Waals surface area contributed by atoms with Crippen LogP contribution in [0.1, 0.15) is 48.6 Å². The van der Waals surface area contributed by atoms with Crippen LogP contribution in [-0.2, 0) is 16.0 Å². The summed E-state index contributed by atoms with van der Waals surface area (Å²) in [7, 11) is 0. The van der Waals surface area contributed by atoms with Crippen LogP contribution in [0, 0.1) is 6.92 Å². The van der Waals surface area contributed by atoms with Gasteiger partial charge in [0.2, 0.25) is 18.1 Å². The van der Waals surface area contributed by atoms with Crippen LogP contribution in [0.25, 0.3) is 0 Å². The SMILES string of the molecule is Cc1cc(OCCC(=O)NC(CO)(CO)CO)ccc1Cc1c(O[C@@H]2O[C@H](CO)[C@@H](O)[C@H](O)[C@H]2O)n[nH]c1C(C)C. The number of hydrogen-bond donors (Lipinski definition) is 9. The molecule has 230 valence electrons. The molecule has 2 heterocycles. The van der Waals surface area contributed by atoms with E-state index in [1.165, 1.54) is 0 Å². The Kier molecular flexibility index (Phi) is 11.5. The molecule has 0 saturated carbocycles. The Morgan fingerprint density at radius 1 is 1.10 bits per heavy atom. The monoisotopic (exact) mass is 583 g/mol. The second-order valence-corrected chi connectivity index (χ2v) is 10.6. The summed E-state index contributed by atoms with van der Waals surface area (Å²) in [5.74, 6) is 0.211. The van der Waals surface area contributed by atoms with Gasteiger partial charge in [-0.2, -0.15) is 0 Å². The minimum absolute atomic E-state index is 0.0271. The number of rotatable bonds is 14. The van der Waals surface area contributed by atoms with Crippen LogP contribution in [-0.4, -0.2) is 121 Å². The first-order chi connectivity index (χ1) is 19.5. The molecular formula is C27H41N3O11. The van der Waals surface area contributed by atoms with Crippen LogP contribution in [0.15, 0.2) is 18.2 Å². The largest absolute Gasteiger partial charge is 0.493 e. The minimum atomic E-state index is -1.58. The molecule has 0 unspecified atom stereocenters. The van der Waals surface area contributed by atoms with Gasteiger partial charge in [-0.25, -0.2) is 0 Å². The first-order valence-corrected chi connectivity index (χ1v) is 13.4. The fourth-order valence-electron chi connectivity index (χ4n) is 4.42. The summed E-state index contributed by atoms with van der Waals surface area (Å²) in [6, 6.07) is 5.40. The Labute approximate surface area is 237 Å². The van der Waals surface area contributed by atoms with E-state index in [-0.39, 0.29) is 24.8 Å². The molecule has 1 aliphatic rings. The van der Waals surface area contributed by atoms with E-state index in [0.29, 0.717) is 17.7 Å². The van der Waals surface area contributed by atoms with Crippen molar-refractivity contribution in [2.75, 3.05) is 33.0 Å². The highest BCUT2D eigenvalue weighted by molar-refractivity contribution is 5.77. The third-order valence-electron chi connectivity index (χ3n) is 7.11. The van der Waals surface area contributed by atoms with Crippen molar-refractivity contribution < 1.29 is 54.8 Å². The van der Waals surface area contributed by atoms with Crippen molar-refractivity contribution in [3.8, 4) is 11.6 Å². The quantitative estimate of drug-likeness (QED) is 0.120. The fourth-order valence-corrected chi connectivity index (χ4v) is 4.42. The van der Waals surface area contributed by atoms with Crippen LogP contribution < -0.4 is 14.8 Å². The molecule has 9 N–H and O–H groups in total. The first-order valence-electron chi connectivity index (χ1n) is 13.4. The summed E-state index contributed by atoms with van der Waals surface area (Å²) >= 11 is 0. The number of nitrogens with zero attached hydrogens (tertiary/aromatic N) is 1. The smallest absolute Gasteiger partial charge is 0.238 e. The number of aromatic amines is 1. The van der Waals surface area contributed by atoms with Crippen LogP contribution in [0.5, 0.6) is 11.6 Å². The molecule has 0 radical (unpaired) electrons. The summed E-state index contributed by atoms with van der Waals surface area (Å²) < 4.78 is 17.0. The van der Waals surface area contributed by atoms with E-state index in [1.807, 2.05) is 26.8 Å². The standard InChI is InChI=1S/C27H41N3O11/c1-14(2)21-18(25(30-29-21)41-26-24(38)23(37)22(36)19(10-31)40-26)9-16-4-5-17(8-15(16)3)39-7-6-20(35)28-27(11-32,12-33)13-34/h4-5,8,14,19,22-24,26,31-34,36-38H,6-7,9-13H2,1-3H3,(H,28,35)(H,29,30)/t19-,22-,23+,24-,26+/m1/s1. The Morgan fingerprint density at radius 3 is 2.37 bits per heavy atom. The summed E-state index contributed by atoms with van der Waals surface area (Å²) in [4.78, 5) is 12.2. The normalized spacial score (nSPS) is 23.0. The third-order valence-corrected chi connectivity index (χ3v) is 7.11. The van der Waals surface area contributed by atoms with Gasteiger partial charge < -0.3 is 55.3 Å². The molecule has 14 heteroatoms. The molecule has 0 spiro atoms. The summed E-state index contributed by atoms with van der Waals surface area (Å²) in [6.45, 7) is 3.44. The molecule has 0 aliphatic carbocycles. The van der Waals surface area contributed by atoms with E-state index >= 15 is 0 Å². The molecule has 1 amide bonds. The molecule has 1 aromatic heterocycles. The van der Waals surface area contributed by atoms with Gasteiger partial charge in [0, 0.05) is 17.7 Å². The number of aryl methyl sites for hydroxylation is 1. The molecule has 1 fully saturated rings. The van der Waals surface area contributed by atoms with E-state index in [2.05, 4.69) is 15.5 Å². The molecule has 2 aromatic rings. The molecular weight excluding hydrogens is 542 g/mol. The van der Waals surface area contributed by atoms with Gasteiger partial charge in [0.25, 0.3) is 0 Å².